The van der Waals surface area contributed by atoms with Crippen LogP contribution in [0, 0.1) is 11.6 Å². The van der Waals surface area contributed by atoms with E-state index in [9.17, 15) is 13.2 Å². The third-order valence-corrected chi connectivity index (χ3v) is 5.83. The third-order valence-electron chi connectivity index (χ3n) is 5.83. The monoisotopic (exact) mass is 414 g/mol. The predicted molar refractivity (Wildman–Crippen MR) is 109 cm³/mol. The van der Waals surface area contributed by atoms with Crippen molar-refractivity contribution < 1.29 is 13.2 Å². The molecule has 0 amide bonds. The number of nitrogens with two attached hydrogens (primary N) is 1. The molecule has 0 saturated carbocycles. The number of aryl methyl sites for hydroxylation is 1. The van der Waals surface area contributed by atoms with Crippen molar-refractivity contribution in [3.05, 3.63) is 53.7 Å². The first-order chi connectivity index (χ1) is 14.4. The normalized spacial score (nSPS) is 19.8. The zero-order valence-corrected chi connectivity index (χ0v) is 16.4. The number of benzene rings is 2. The van der Waals surface area contributed by atoms with Gasteiger partial charge in [0.15, 0.2) is 11.6 Å². The molecule has 4 aromatic rings. The average Bonchev–Trinajstić information content (AvgIpc) is 3.26. The Hall–Kier alpha value is -3.07. The zero-order valence-electron chi connectivity index (χ0n) is 16.4. The van der Waals surface area contributed by atoms with Gasteiger partial charge in [0.05, 0.1) is 35.3 Å². The van der Waals surface area contributed by atoms with E-state index < -0.39 is 23.8 Å². The number of rotatable bonds is 3. The molecule has 0 aliphatic carbocycles. The van der Waals surface area contributed by atoms with E-state index in [0.717, 1.165) is 28.6 Å². The van der Waals surface area contributed by atoms with Gasteiger partial charge in [0.2, 0.25) is 5.95 Å². The standard InChI is InChI=1S/C21H21F3N6/c1-28-19-4-2-3-12(13(19)9-26-28)10-30-20-8-16(24)15(23)7-18(20)27-21(30)29-6-5-14(22)17(25)11-29/h2-4,7-9,14,17H,5-6,10-11,25H2,1H3. The Bertz CT molecular complexity index is 1250. The van der Waals surface area contributed by atoms with E-state index in [1.54, 1.807) is 10.9 Å². The first kappa shape index (κ1) is 18.9. The fourth-order valence-corrected chi connectivity index (χ4v) is 4.19. The zero-order chi connectivity index (χ0) is 21.0. The summed E-state index contributed by atoms with van der Waals surface area (Å²) in [6.07, 6.45) is 0.998. The van der Waals surface area contributed by atoms with Crippen molar-refractivity contribution >= 4 is 27.9 Å². The summed E-state index contributed by atoms with van der Waals surface area (Å²) in [6, 6.07) is 7.49. The molecule has 0 bridgehead atoms. The number of piperidine rings is 1. The van der Waals surface area contributed by atoms with E-state index >= 15 is 0 Å². The van der Waals surface area contributed by atoms with Crippen LogP contribution in [-0.2, 0) is 13.6 Å². The minimum absolute atomic E-state index is 0.283. The van der Waals surface area contributed by atoms with Gasteiger partial charge in [-0.05, 0) is 18.1 Å². The van der Waals surface area contributed by atoms with Crippen LogP contribution in [0.3, 0.4) is 0 Å². The van der Waals surface area contributed by atoms with Gasteiger partial charge in [-0.15, -0.1) is 0 Å². The highest BCUT2D eigenvalue weighted by Crippen LogP contribution is 2.30. The Balaban J connectivity index is 1.66. The Labute approximate surface area is 170 Å². The Morgan fingerprint density at radius 3 is 2.77 bits per heavy atom. The smallest absolute Gasteiger partial charge is 0.206 e. The Morgan fingerprint density at radius 2 is 1.97 bits per heavy atom. The van der Waals surface area contributed by atoms with Gasteiger partial charge in [0, 0.05) is 37.7 Å². The highest BCUT2D eigenvalue weighted by molar-refractivity contribution is 5.83. The molecule has 1 saturated heterocycles. The first-order valence-electron chi connectivity index (χ1n) is 9.82. The second-order valence-corrected chi connectivity index (χ2v) is 7.79. The lowest BCUT2D eigenvalue weighted by atomic mass is 10.1. The maximum absolute atomic E-state index is 14.1. The summed E-state index contributed by atoms with van der Waals surface area (Å²) in [6.45, 7) is 1.09. The lowest BCUT2D eigenvalue weighted by Crippen LogP contribution is -2.50. The molecule has 1 aliphatic heterocycles. The summed E-state index contributed by atoms with van der Waals surface area (Å²) >= 11 is 0. The summed E-state index contributed by atoms with van der Waals surface area (Å²) in [7, 11) is 1.87. The van der Waals surface area contributed by atoms with E-state index in [1.807, 2.05) is 34.7 Å². The number of fused-ring (bicyclic) bond motifs is 2. The topological polar surface area (TPSA) is 64.9 Å². The van der Waals surface area contributed by atoms with Crippen molar-refractivity contribution in [2.24, 2.45) is 12.8 Å². The van der Waals surface area contributed by atoms with Gasteiger partial charge in [0.25, 0.3) is 0 Å². The van der Waals surface area contributed by atoms with E-state index in [-0.39, 0.29) is 13.0 Å². The molecule has 0 spiro atoms. The van der Waals surface area contributed by atoms with Crippen LogP contribution in [0.5, 0.6) is 0 Å². The van der Waals surface area contributed by atoms with E-state index in [1.165, 1.54) is 0 Å². The molecule has 30 heavy (non-hydrogen) atoms. The molecule has 2 atom stereocenters. The molecule has 9 heteroatoms. The van der Waals surface area contributed by atoms with Gasteiger partial charge in [0.1, 0.15) is 6.17 Å². The molecule has 1 fully saturated rings. The number of imidazole rings is 1. The number of aromatic nitrogens is 4. The van der Waals surface area contributed by atoms with Gasteiger partial charge < -0.3 is 15.2 Å². The lowest BCUT2D eigenvalue weighted by molar-refractivity contribution is 0.243. The van der Waals surface area contributed by atoms with Crippen molar-refractivity contribution in [3.8, 4) is 0 Å². The van der Waals surface area contributed by atoms with Crippen molar-refractivity contribution in [2.75, 3.05) is 18.0 Å². The van der Waals surface area contributed by atoms with Crippen LogP contribution < -0.4 is 10.6 Å². The molecular weight excluding hydrogens is 393 g/mol. The summed E-state index contributed by atoms with van der Waals surface area (Å²) in [5, 5.41) is 5.29. The summed E-state index contributed by atoms with van der Waals surface area (Å²) < 4.78 is 45.5. The average molecular weight is 414 g/mol. The molecule has 2 unspecified atom stereocenters. The minimum atomic E-state index is -1.07. The van der Waals surface area contributed by atoms with E-state index in [4.69, 9.17) is 5.73 Å². The van der Waals surface area contributed by atoms with Crippen LogP contribution in [-0.4, -0.2) is 44.6 Å². The highest BCUT2D eigenvalue weighted by Gasteiger charge is 2.29. The van der Waals surface area contributed by atoms with Crippen LogP contribution in [0.1, 0.15) is 12.0 Å². The van der Waals surface area contributed by atoms with Crippen molar-refractivity contribution in [1.29, 1.82) is 0 Å². The molecule has 0 radical (unpaired) electrons. The van der Waals surface area contributed by atoms with Gasteiger partial charge in [-0.25, -0.2) is 18.2 Å². The van der Waals surface area contributed by atoms with Gasteiger partial charge in [-0.3, -0.25) is 4.68 Å². The molecule has 5 rings (SSSR count). The van der Waals surface area contributed by atoms with Gasteiger partial charge in [-0.1, -0.05) is 12.1 Å². The molecule has 3 heterocycles. The Kier molecular flexibility index (Phi) is 4.43. The largest absolute Gasteiger partial charge is 0.340 e. The number of hydrogen-bond donors (Lipinski definition) is 1. The lowest BCUT2D eigenvalue weighted by Gasteiger charge is -2.34. The van der Waals surface area contributed by atoms with E-state index in [2.05, 4.69) is 10.1 Å². The van der Waals surface area contributed by atoms with Crippen LogP contribution >= 0.6 is 0 Å². The molecule has 1 aliphatic rings. The number of hydrogen-bond acceptors (Lipinski definition) is 4. The molecule has 2 N–H and O–H groups in total. The first-order valence-corrected chi connectivity index (χ1v) is 9.82. The molecule has 2 aromatic carbocycles. The second-order valence-electron chi connectivity index (χ2n) is 7.79. The summed E-state index contributed by atoms with van der Waals surface area (Å²) in [5.74, 6) is -1.36. The molecule has 2 aromatic heterocycles. The van der Waals surface area contributed by atoms with Crippen LogP contribution in [0.2, 0.25) is 0 Å². The SMILES string of the molecule is Cn1ncc2c(Cn3c(N4CCC(F)C(N)C4)nc4cc(F)c(F)cc43)cccc21. The van der Waals surface area contributed by atoms with E-state index in [0.29, 0.717) is 30.1 Å². The van der Waals surface area contributed by atoms with Gasteiger partial charge in [-0.2, -0.15) is 5.10 Å². The number of anilines is 1. The molecule has 156 valence electrons. The van der Waals surface area contributed by atoms with Crippen molar-refractivity contribution in [3.63, 3.8) is 0 Å². The van der Waals surface area contributed by atoms with Crippen LogP contribution in [0.4, 0.5) is 19.1 Å². The number of halogens is 3. The van der Waals surface area contributed by atoms with Crippen molar-refractivity contribution in [1.82, 2.24) is 19.3 Å². The molecule has 6 nitrogen and oxygen atoms in total. The number of alkyl halides is 1. The molecular formula is C21H21F3N6. The predicted octanol–water partition coefficient (Wildman–Crippen LogP) is 3.13. The highest BCUT2D eigenvalue weighted by atomic mass is 19.2. The minimum Gasteiger partial charge on any atom is -0.340 e. The van der Waals surface area contributed by atoms with Crippen LogP contribution in [0.15, 0.2) is 36.5 Å². The fourth-order valence-electron chi connectivity index (χ4n) is 4.19. The quantitative estimate of drug-likeness (QED) is 0.560. The fraction of sp³-hybridized carbons (Fsp3) is 0.333. The van der Waals surface area contributed by atoms with Crippen LogP contribution in [0.25, 0.3) is 21.9 Å². The van der Waals surface area contributed by atoms with Crippen molar-refractivity contribution in [2.45, 2.75) is 25.2 Å². The number of nitrogens with zero attached hydrogens (tertiary/aromatic N) is 5. The maximum Gasteiger partial charge on any atom is 0.206 e. The third kappa shape index (κ3) is 3.00. The Morgan fingerprint density at radius 1 is 1.17 bits per heavy atom. The summed E-state index contributed by atoms with van der Waals surface area (Å²) in [4.78, 5) is 6.45. The second kappa shape index (κ2) is 7.02. The van der Waals surface area contributed by atoms with Gasteiger partial charge >= 0.3 is 0 Å². The summed E-state index contributed by atoms with van der Waals surface area (Å²) in [5.41, 5.74) is 8.70. The maximum atomic E-state index is 14.1.